The minimum Gasteiger partial charge on any atom is -0.393 e. The molecular weight excluding hydrogens is 223 g/mol. The molecule has 0 aromatic carbocycles. The zero-order chi connectivity index (χ0) is 11.9. The van der Waals surface area contributed by atoms with Crippen LogP contribution in [0.5, 0.6) is 0 Å². The van der Waals surface area contributed by atoms with E-state index < -0.39 is 25.7 Å². The second-order valence-electron chi connectivity index (χ2n) is 2.57. The Bertz CT molecular complexity index is 264. The first-order valence-corrected chi connectivity index (χ1v) is 6.25. The molecule has 0 bridgehead atoms. The SMILES string of the molecule is CCOP(=O)(CC(=O)OC(C)=O)OCC. The summed E-state index contributed by atoms with van der Waals surface area (Å²) in [5.41, 5.74) is 0. The van der Waals surface area contributed by atoms with Crippen molar-refractivity contribution in [1.82, 2.24) is 0 Å². The third-order valence-corrected chi connectivity index (χ3v) is 3.18. The van der Waals surface area contributed by atoms with Crippen molar-refractivity contribution >= 4 is 19.5 Å². The Kier molecular flexibility index (Phi) is 6.40. The molecule has 0 heterocycles. The quantitative estimate of drug-likeness (QED) is 0.394. The lowest BCUT2D eigenvalue weighted by atomic mass is 10.7. The van der Waals surface area contributed by atoms with Gasteiger partial charge in [-0.2, -0.15) is 0 Å². The molecule has 0 rings (SSSR count). The lowest BCUT2D eigenvalue weighted by Crippen LogP contribution is -2.15. The van der Waals surface area contributed by atoms with Crippen molar-refractivity contribution in [3.05, 3.63) is 0 Å². The second kappa shape index (κ2) is 6.71. The van der Waals surface area contributed by atoms with E-state index in [1.54, 1.807) is 13.8 Å². The smallest absolute Gasteiger partial charge is 0.341 e. The molecule has 0 aliphatic rings. The Morgan fingerprint density at radius 2 is 1.60 bits per heavy atom. The molecule has 0 aliphatic carbocycles. The van der Waals surface area contributed by atoms with Gasteiger partial charge < -0.3 is 13.8 Å². The standard InChI is InChI=1S/C8H15O6P/c1-4-12-15(11,13-5-2)6-8(10)14-7(3)9/h4-6H2,1-3H3. The molecule has 0 atom stereocenters. The molecule has 0 aliphatic heterocycles. The van der Waals surface area contributed by atoms with Crippen LogP contribution in [0.2, 0.25) is 0 Å². The van der Waals surface area contributed by atoms with Gasteiger partial charge in [0.1, 0.15) is 6.16 Å². The maximum atomic E-state index is 11.7. The van der Waals surface area contributed by atoms with Gasteiger partial charge in [0.25, 0.3) is 0 Å². The summed E-state index contributed by atoms with van der Waals surface area (Å²) < 4.78 is 25.7. The predicted molar refractivity (Wildman–Crippen MR) is 52.5 cm³/mol. The van der Waals surface area contributed by atoms with E-state index in [4.69, 9.17) is 9.05 Å². The first-order chi connectivity index (χ1) is 6.93. The highest BCUT2D eigenvalue weighted by Crippen LogP contribution is 2.47. The highest BCUT2D eigenvalue weighted by atomic mass is 31.2. The molecule has 0 N–H and O–H groups in total. The van der Waals surface area contributed by atoms with Crippen molar-refractivity contribution in [3.8, 4) is 0 Å². The summed E-state index contributed by atoms with van der Waals surface area (Å²) in [5.74, 6) is -1.66. The molecule has 6 nitrogen and oxygen atoms in total. The maximum absolute atomic E-state index is 11.7. The summed E-state index contributed by atoms with van der Waals surface area (Å²) in [6, 6.07) is 0. The Hall–Kier alpha value is -0.710. The van der Waals surface area contributed by atoms with Gasteiger partial charge in [0.2, 0.25) is 0 Å². The molecule has 0 unspecified atom stereocenters. The predicted octanol–water partition coefficient (Wildman–Crippen LogP) is 1.34. The first kappa shape index (κ1) is 14.3. The van der Waals surface area contributed by atoms with Gasteiger partial charge in [0, 0.05) is 6.92 Å². The van der Waals surface area contributed by atoms with E-state index in [0.29, 0.717) is 0 Å². The normalized spacial score (nSPS) is 11.1. The van der Waals surface area contributed by atoms with Crippen LogP contribution in [0.15, 0.2) is 0 Å². The number of carbonyl (C=O) groups is 2. The summed E-state index contributed by atoms with van der Waals surface area (Å²) in [7, 11) is -3.46. The molecule has 15 heavy (non-hydrogen) atoms. The van der Waals surface area contributed by atoms with Crippen LogP contribution in [0.3, 0.4) is 0 Å². The zero-order valence-electron chi connectivity index (χ0n) is 9.02. The van der Waals surface area contributed by atoms with E-state index in [9.17, 15) is 14.2 Å². The van der Waals surface area contributed by atoms with Crippen LogP contribution in [0, 0.1) is 0 Å². The molecule has 0 amide bonds. The maximum Gasteiger partial charge on any atom is 0.341 e. The van der Waals surface area contributed by atoms with Crippen molar-refractivity contribution < 1.29 is 27.9 Å². The average molecular weight is 238 g/mol. The fourth-order valence-corrected chi connectivity index (χ4v) is 2.30. The number of hydrogen-bond donors (Lipinski definition) is 0. The summed E-state index contributed by atoms with van der Waals surface area (Å²) in [6.07, 6.45) is -0.547. The Morgan fingerprint density at radius 1 is 1.13 bits per heavy atom. The lowest BCUT2D eigenvalue weighted by Gasteiger charge is -2.15. The van der Waals surface area contributed by atoms with E-state index in [2.05, 4.69) is 4.74 Å². The van der Waals surface area contributed by atoms with Crippen molar-refractivity contribution in [2.24, 2.45) is 0 Å². The van der Waals surface area contributed by atoms with Gasteiger partial charge in [0.05, 0.1) is 13.2 Å². The van der Waals surface area contributed by atoms with Crippen molar-refractivity contribution in [3.63, 3.8) is 0 Å². The molecule has 0 radical (unpaired) electrons. The van der Waals surface area contributed by atoms with E-state index in [1.165, 1.54) is 0 Å². The molecule has 0 saturated carbocycles. The third-order valence-electron chi connectivity index (χ3n) is 1.23. The molecular formula is C8H15O6P. The number of ether oxygens (including phenoxy) is 1. The third kappa shape index (κ3) is 6.38. The fourth-order valence-electron chi connectivity index (χ4n) is 0.873. The number of esters is 2. The van der Waals surface area contributed by atoms with Crippen LogP contribution in [0.4, 0.5) is 0 Å². The minimum absolute atomic E-state index is 0.157. The fraction of sp³-hybridized carbons (Fsp3) is 0.750. The topological polar surface area (TPSA) is 78.9 Å². The minimum atomic E-state index is -3.46. The van der Waals surface area contributed by atoms with Gasteiger partial charge in [-0.1, -0.05) is 0 Å². The van der Waals surface area contributed by atoms with Crippen molar-refractivity contribution in [1.29, 1.82) is 0 Å². The molecule has 7 heteroatoms. The number of rotatable bonds is 6. The highest BCUT2D eigenvalue weighted by Gasteiger charge is 2.29. The van der Waals surface area contributed by atoms with Gasteiger partial charge in [0.15, 0.2) is 0 Å². The molecule has 0 spiro atoms. The van der Waals surface area contributed by atoms with Crippen molar-refractivity contribution in [2.75, 3.05) is 19.4 Å². The number of carbonyl (C=O) groups excluding carboxylic acids is 2. The molecule has 0 fully saturated rings. The van der Waals surface area contributed by atoms with E-state index >= 15 is 0 Å². The summed E-state index contributed by atoms with van der Waals surface area (Å²) in [6.45, 7) is 4.66. The second-order valence-corrected chi connectivity index (χ2v) is 4.62. The van der Waals surface area contributed by atoms with Crippen LogP contribution < -0.4 is 0 Å². The monoisotopic (exact) mass is 238 g/mol. The largest absolute Gasteiger partial charge is 0.393 e. The van der Waals surface area contributed by atoms with Crippen LogP contribution in [0.1, 0.15) is 20.8 Å². The van der Waals surface area contributed by atoms with E-state index in [0.717, 1.165) is 6.92 Å². The van der Waals surface area contributed by atoms with E-state index in [-0.39, 0.29) is 13.2 Å². The molecule has 0 saturated heterocycles. The molecule has 88 valence electrons. The zero-order valence-corrected chi connectivity index (χ0v) is 9.91. The van der Waals surface area contributed by atoms with Gasteiger partial charge in [-0.25, -0.2) is 0 Å². The highest BCUT2D eigenvalue weighted by molar-refractivity contribution is 7.54. The van der Waals surface area contributed by atoms with Gasteiger partial charge in [-0.3, -0.25) is 14.2 Å². The summed E-state index contributed by atoms with van der Waals surface area (Å²) in [4.78, 5) is 21.5. The Labute approximate surface area is 88.4 Å². The van der Waals surface area contributed by atoms with Gasteiger partial charge in [-0.05, 0) is 13.8 Å². The van der Waals surface area contributed by atoms with Gasteiger partial charge >= 0.3 is 19.5 Å². The average Bonchev–Trinajstić information content (AvgIpc) is 2.01. The van der Waals surface area contributed by atoms with Crippen LogP contribution >= 0.6 is 7.60 Å². The Balaban J connectivity index is 4.34. The van der Waals surface area contributed by atoms with Crippen LogP contribution in [0.25, 0.3) is 0 Å². The van der Waals surface area contributed by atoms with Gasteiger partial charge in [-0.15, -0.1) is 0 Å². The Morgan fingerprint density at radius 3 is 1.93 bits per heavy atom. The van der Waals surface area contributed by atoms with Crippen LogP contribution in [-0.4, -0.2) is 31.3 Å². The lowest BCUT2D eigenvalue weighted by molar-refractivity contribution is -0.156. The summed E-state index contributed by atoms with van der Waals surface area (Å²) in [5, 5.41) is 0. The van der Waals surface area contributed by atoms with Crippen LogP contribution in [-0.2, 0) is 27.9 Å². The first-order valence-electron chi connectivity index (χ1n) is 4.53. The molecule has 0 aromatic rings. The summed E-state index contributed by atoms with van der Waals surface area (Å²) >= 11 is 0. The van der Waals surface area contributed by atoms with E-state index in [1.807, 2.05) is 0 Å². The molecule has 0 aromatic heterocycles. The number of hydrogen-bond acceptors (Lipinski definition) is 6. The van der Waals surface area contributed by atoms with Crippen molar-refractivity contribution in [2.45, 2.75) is 20.8 Å².